The molecule has 1 aliphatic carbocycles. The molecule has 0 radical (unpaired) electrons. The molecule has 22 heavy (non-hydrogen) atoms. The Morgan fingerprint density at radius 2 is 1.77 bits per heavy atom. The zero-order chi connectivity index (χ0) is 15.8. The Morgan fingerprint density at radius 1 is 1.09 bits per heavy atom. The van der Waals surface area contributed by atoms with Crippen LogP contribution in [0.2, 0.25) is 0 Å². The molecular formula is C15H31N5OS+2. The van der Waals surface area contributed by atoms with Crippen LogP contribution in [-0.4, -0.2) is 56.8 Å². The number of likely N-dealkylation sites (N-methyl/N-ethyl adjacent to an activating group) is 1. The van der Waals surface area contributed by atoms with Gasteiger partial charge in [0.25, 0.3) is 0 Å². The molecule has 0 aromatic carbocycles. The molecule has 2 fully saturated rings. The number of carbonyl (C=O) groups excluding carboxylic acids is 1. The van der Waals surface area contributed by atoms with E-state index in [0.29, 0.717) is 17.6 Å². The average Bonchev–Trinajstić information content (AvgIpc) is 2.53. The van der Waals surface area contributed by atoms with Crippen molar-refractivity contribution in [3.63, 3.8) is 0 Å². The van der Waals surface area contributed by atoms with Gasteiger partial charge < -0.3 is 15.1 Å². The summed E-state index contributed by atoms with van der Waals surface area (Å²) in [4.78, 5) is 15.0. The third-order valence-electron chi connectivity index (χ3n) is 4.77. The molecule has 1 saturated carbocycles. The van der Waals surface area contributed by atoms with Crippen molar-refractivity contribution in [3.8, 4) is 0 Å². The summed E-state index contributed by atoms with van der Waals surface area (Å²) in [6.45, 7) is 5.63. The topological polar surface area (TPSA) is 62.0 Å². The van der Waals surface area contributed by atoms with Gasteiger partial charge in [-0.25, -0.2) is 0 Å². The van der Waals surface area contributed by atoms with E-state index in [9.17, 15) is 4.79 Å². The SMILES string of the molecule is C[NH+]1CC[NH+](CCC(=O)NNC(=S)NC2CCCCC2)CC1. The lowest BCUT2D eigenvalue weighted by Crippen LogP contribution is -3.27. The average molecular weight is 330 g/mol. The molecule has 7 heteroatoms. The second-order valence-electron chi connectivity index (χ2n) is 6.69. The minimum Gasteiger partial charge on any atom is -0.359 e. The second kappa shape index (κ2) is 9.27. The van der Waals surface area contributed by atoms with Gasteiger partial charge in [-0.1, -0.05) is 19.3 Å². The van der Waals surface area contributed by atoms with Crippen LogP contribution in [0.3, 0.4) is 0 Å². The Morgan fingerprint density at radius 3 is 2.45 bits per heavy atom. The van der Waals surface area contributed by atoms with Crippen molar-refractivity contribution in [2.24, 2.45) is 0 Å². The number of nitrogens with one attached hydrogen (secondary N) is 5. The summed E-state index contributed by atoms with van der Waals surface area (Å²) in [7, 11) is 2.23. The number of hydrogen-bond donors (Lipinski definition) is 5. The Bertz CT molecular complexity index is 365. The summed E-state index contributed by atoms with van der Waals surface area (Å²) < 4.78 is 0. The van der Waals surface area contributed by atoms with Gasteiger partial charge in [-0.2, -0.15) is 0 Å². The van der Waals surface area contributed by atoms with Crippen molar-refractivity contribution in [1.82, 2.24) is 16.2 Å². The number of hydrogen-bond acceptors (Lipinski definition) is 2. The van der Waals surface area contributed by atoms with E-state index in [4.69, 9.17) is 12.2 Å². The maximum atomic E-state index is 11.9. The number of piperazine rings is 1. The number of carbonyl (C=O) groups is 1. The molecule has 6 nitrogen and oxygen atoms in total. The summed E-state index contributed by atoms with van der Waals surface area (Å²) >= 11 is 5.23. The van der Waals surface area contributed by atoms with E-state index >= 15 is 0 Å². The summed E-state index contributed by atoms with van der Waals surface area (Å²) in [6, 6.07) is 0.461. The van der Waals surface area contributed by atoms with Crippen molar-refractivity contribution < 1.29 is 14.6 Å². The molecule has 126 valence electrons. The van der Waals surface area contributed by atoms with Crippen LogP contribution < -0.4 is 26.0 Å². The lowest BCUT2D eigenvalue weighted by atomic mass is 9.96. The summed E-state index contributed by atoms with van der Waals surface area (Å²) in [5.41, 5.74) is 5.54. The fraction of sp³-hybridized carbons (Fsp3) is 0.867. The van der Waals surface area contributed by atoms with Gasteiger partial charge >= 0.3 is 0 Å². The molecule has 0 atom stereocenters. The third kappa shape index (κ3) is 6.46. The predicted molar refractivity (Wildman–Crippen MR) is 90.7 cm³/mol. The van der Waals surface area contributed by atoms with E-state index in [2.05, 4.69) is 23.2 Å². The highest BCUT2D eigenvalue weighted by atomic mass is 32.1. The first-order valence-electron chi connectivity index (χ1n) is 8.63. The Hall–Kier alpha value is -0.920. The van der Waals surface area contributed by atoms with Crippen molar-refractivity contribution in [3.05, 3.63) is 0 Å². The molecule has 0 bridgehead atoms. The van der Waals surface area contributed by atoms with Crippen LogP contribution in [0.15, 0.2) is 0 Å². The van der Waals surface area contributed by atoms with E-state index in [1.54, 1.807) is 4.90 Å². The van der Waals surface area contributed by atoms with Crippen molar-refractivity contribution in [2.45, 2.75) is 44.6 Å². The molecule has 5 N–H and O–H groups in total. The van der Waals surface area contributed by atoms with Crippen molar-refractivity contribution in [1.29, 1.82) is 0 Å². The first-order valence-corrected chi connectivity index (χ1v) is 9.04. The van der Waals surface area contributed by atoms with Crippen LogP contribution in [0.5, 0.6) is 0 Å². The van der Waals surface area contributed by atoms with Crippen LogP contribution in [-0.2, 0) is 4.79 Å². The van der Waals surface area contributed by atoms with Gasteiger partial charge in [0.05, 0.1) is 20.0 Å². The number of thiocarbonyl (C=S) groups is 1. The quantitative estimate of drug-likeness (QED) is 0.295. The monoisotopic (exact) mass is 329 g/mol. The van der Waals surface area contributed by atoms with Gasteiger partial charge in [0, 0.05) is 6.04 Å². The number of rotatable bonds is 4. The van der Waals surface area contributed by atoms with Gasteiger partial charge in [0.15, 0.2) is 5.11 Å². The van der Waals surface area contributed by atoms with Gasteiger partial charge in [-0.05, 0) is 25.1 Å². The zero-order valence-electron chi connectivity index (χ0n) is 13.7. The molecule has 0 spiro atoms. The van der Waals surface area contributed by atoms with Gasteiger partial charge in [-0.15, -0.1) is 0 Å². The number of hydrazine groups is 1. The largest absolute Gasteiger partial charge is 0.359 e. The van der Waals surface area contributed by atoms with Gasteiger partial charge in [-0.3, -0.25) is 15.6 Å². The predicted octanol–water partition coefficient (Wildman–Crippen LogP) is -2.38. The molecule has 1 saturated heterocycles. The van der Waals surface area contributed by atoms with E-state index < -0.39 is 0 Å². The summed E-state index contributed by atoms with van der Waals surface area (Å²) in [5.74, 6) is 0.0200. The molecule has 1 aliphatic heterocycles. The normalized spacial score (nSPS) is 26.2. The lowest BCUT2D eigenvalue weighted by molar-refractivity contribution is -1.00. The Balaban J connectivity index is 1.54. The molecule has 0 aromatic rings. The smallest absolute Gasteiger partial charge is 0.244 e. The first-order chi connectivity index (χ1) is 10.6. The van der Waals surface area contributed by atoms with Crippen LogP contribution in [0.1, 0.15) is 38.5 Å². The minimum atomic E-state index is 0.0200. The Labute approximate surface area is 138 Å². The second-order valence-corrected chi connectivity index (χ2v) is 7.10. The van der Waals surface area contributed by atoms with Gasteiger partial charge in [0.1, 0.15) is 26.2 Å². The van der Waals surface area contributed by atoms with Crippen molar-refractivity contribution >= 4 is 23.2 Å². The minimum absolute atomic E-state index is 0.0200. The molecule has 0 unspecified atom stereocenters. The molecule has 1 heterocycles. The molecular weight excluding hydrogens is 298 g/mol. The molecule has 2 rings (SSSR count). The van der Waals surface area contributed by atoms with E-state index in [0.717, 1.165) is 19.6 Å². The fourth-order valence-corrected chi connectivity index (χ4v) is 3.45. The maximum Gasteiger partial charge on any atom is 0.244 e. The zero-order valence-corrected chi connectivity index (χ0v) is 14.5. The standard InChI is InChI=1S/C15H29N5OS/c1-19-9-11-20(12-10-19)8-7-14(21)17-18-15(22)16-13-5-3-2-4-6-13/h13H,2-12H2,1H3,(H,17,21)(H2,16,18,22)/p+2. The summed E-state index contributed by atoms with van der Waals surface area (Å²) in [6.07, 6.45) is 6.75. The van der Waals surface area contributed by atoms with Crippen molar-refractivity contribution in [2.75, 3.05) is 39.8 Å². The van der Waals surface area contributed by atoms with Gasteiger partial charge in [0.2, 0.25) is 5.91 Å². The number of quaternary nitrogens is 2. The van der Waals surface area contributed by atoms with Crippen LogP contribution in [0.25, 0.3) is 0 Å². The third-order valence-corrected chi connectivity index (χ3v) is 4.99. The van der Waals surface area contributed by atoms with E-state index in [1.807, 2.05) is 0 Å². The first kappa shape index (κ1) is 17.4. The highest BCUT2D eigenvalue weighted by Gasteiger charge is 2.20. The molecule has 2 aliphatic rings. The van der Waals surface area contributed by atoms with Crippen LogP contribution in [0.4, 0.5) is 0 Å². The Kier molecular flexibility index (Phi) is 7.35. The molecule has 0 aromatic heterocycles. The molecule has 1 amide bonds. The maximum absolute atomic E-state index is 11.9. The van der Waals surface area contributed by atoms with E-state index in [-0.39, 0.29) is 5.91 Å². The highest BCUT2D eigenvalue weighted by Crippen LogP contribution is 2.16. The van der Waals surface area contributed by atoms with Crippen LogP contribution >= 0.6 is 12.2 Å². The lowest BCUT2D eigenvalue weighted by Gasteiger charge is -2.27. The summed E-state index contributed by atoms with van der Waals surface area (Å²) in [5, 5.41) is 3.82. The fourth-order valence-electron chi connectivity index (χ4n) is 3.23. The van der Waals surface area contributed by atoms with Crippen LogP contribution in [0, 0.1) is 0 Å². The van der Waals surface area contributed by atoms with E-state index in [1.165, 1.54) is 50.1 Å². The highest BCUT2D eigenvalue weighted by molar-refractivity contribution is 7.80. The number of amides is 1.